The van der Waals surface area contributed by atoms with Gasteiger partial charge in [0.25, 0.3) is 0 Å². The van der Waals surface area contributed by atoms with Crippen LogP contribution < -0.4 is 0 Å². The second-order valence-corrected chi connectivity index (χ2v) is 6.86. The number of carbonyl (C=O) groups excluding carboxylic acids is 1. The fourth-order valence-electron chi connectivity index (χ4n) is 3.22. The Bertz CT molecular complexity index is 942. The van der Waals surface area contributed by atoms with Crippen LogP contribution in [-0.4, -0.2) is 68.7 Å². The average Bonchev–Trinajstić information content (AvgIpc) is 3.08. The molecule has 0 radical (unpaired) electrons. The number of fused-ring (bicyclic) bond motifs is 1. The Hall–Kier alpha value is -2.80. The molecule has 3 aromatic rings. The van der Waals surface area contributed by atoms with E-state index in [1.165, 1.54) is 0 Å². The van der Waals surface area contributed by atoms with Crippen LogP contribution in [0.15, 0.2) is 36.9 Å². The molecule has 0 saturated carbocycles. The Morgan fingerprint density at radius 1 is 1.00 bits per heavy atom. The van der Waals surface area contributed by atoms with Gasteiger partial charge in [0, 0.05) is 62.1 Å². The third-order valence-electron chi connectivity index (χ3n) is 4.85. The van der Waals surface area contributed by atoms with Gasteiger partial charge in [0.05, 0.1) is 30.0 Å². The predicted octanol–water partition coefficient (Wildman–Crippen LogP) is 1.35. The molecule has 0 spiro atoms. The molecule has 7 heteroatoms. The largest absolute Gasteiger partial charge is 0.340 e. The molecule has 0 aliphatic carbocycles. The number of aryl methyl sites for hydroxylation is 1. The van der Waals surface area contributed by atoms with Crippen molar-refractivity contribution in [2.75, 3.05) is 33.2 Å². The first-order chi connectivity index (χ1) is 12.6. The number of nitrogens with zero attached hydrogens (tertiary/aromatic N) is 6. The molecule has 134 valence electrons. The number of hydrogen-bond donors (Lipinski definition) is 0. The van der Waals surface area contributed by atoms with Crippen molar-refractivity contribution in [3.63, 3.8) is 0 Å². The summed E-state index contributed by atoms with van der Waals surface area (Å²) < 4.78 is 1.77. The van der Waals surface area contributed by atoms with Gasteiger partial charge in [-0.15, -0.1) is 0 Å². The minimum absolute atomic E-state index is 0.140. The molecule has 4 heterocycles. The first-order valence-electron chi connectivity index (χ1n) is 8.78. The molecule has 0 aromatic carbocycles. The van der Waals surface area contributed by atoms with E-state index >= 15 is 0 Å². The maximum absolute atomic E-state index is 12.5. The zero-order chi connectivity index (χ0) is 18.1. The number of pyridine rings is 2. The molecule has 26 heavy (non-hydrogen) atoms. The van der Waals surface area contributed by atoms with E-state index in [0.717, 1.165) is 53.9 Å². The highest BCUT2D eigenvalue weighted by Gasteiger charge is 2.19. The number of piperazine rings is 1. The number of aromatic nitrogens is 4. The van der Waals surface area contributed by atoms with Gasteiger partial charge in [0.1, 0.15) is 0 Å². The van der Waals surface area contributed by atoms with Gasteiger partial charge >= 0.3 is 0 Å². The van der Waals surface area contributed by atoms with Crippen LogP contribution in [0.25, 0.3) is 22.0 Å². The average molecular weight is 350 g/mol. The topological polar surface area (TPSA) is 67.2 Å². The Balaban J connectivity index is 1.55. The van der Waals surface area contributed by atoms with Gasteiger partial charge in [0.15, 0.2) is 0 Å². The Morgan fingerprint density at radius 3 is 2.54 bits per heavy atom. The van der Waals surface area contributed by atoms with E-state index in [4.69, 9.17) is 0 Å². The molecule has 1 saturated heterocycles. The van der Waals surface area contributed by atoms with Crippen molar-refractivity contribution >= 4 is 16.8 Å². The zero-order valence-electron chi connectivity index (χ0n) is 15.1. The second-order valence-electron chi connectivity index (χ2n) is 6.86. The lowest BCUT2D eigenvalue weighted by Crippen LogP contribution is -2.47. The molecule has 7 nitrogen and oxygen atoms in total. The van der Waals surface area contributed by atoms with E-state index in [0.29, 0.717) is 6.42 Å². The lowest BCUT2D eigenvalue weighted by atomic mass is 10.1. The number of carbonyl (C=O) groups is 1. The van der Waals surface area contributed by atoms with Crippen LogP contribution in [0, 0.1) is 0 Å². The number of likely N-dealkylation sites (N-methyl/N-ethyl adjacent to an activating group) is 1. The van der Waals surface area contributed by atoms with Crippen molar-refractivity contribution in [3.05, 3.63) is 42.6 Å². The third kappa shape index (κ3) is 3.43. The van der Waals surface area contributed by atoms with Crippen LogP contribution in [0.5, 0.6) is 0 Å². The van der Waals surface area contributed by atoms with Crippen molar-refractivity contribution in [3.8, 4) is 11.1 Å². The van der Waals surface area contributed by atoms with Crippen LogP contribution in [0.1, 0.15) is 5.69 Å². The van der Waals surface area contributed by atoms with Crippen molar-refractivity contribution in [2.24, 2.45) is 7.05 Å². The smallest absolute Gasteiger partial charge is 0.228 e. The summed E-state index contributed by atoms with van der Waals surface area (Å²) in [6.07, 6.45) is 7.69. The Morgan fingerprint density at radius 2 is 1.81 bits per heavy atom. The standard InChI is InChI=1S/C19H22N6O/c1-23-3-5-25(6-4-23)19(26)9-17-8-14-7-15(10-21-18(14)12-20-17)16-11-22-24(2)13-16/h7-8,10-13H,3-6,9H2,1-2H3. The molecule has 0 N–H and O–H groups in total. The monoisotopic (exact) mass is 350 g/mol. The first-order valence-corrected chi connectivity index (χ1v) is 8.78. The SMILES string of the molecule is CN1CCN(C(=O)Cc2cc3cc(-c4cnn(C)c4)cnc3cn2)CC1. The maximum Gasteiger partial charge on any atom is 0.228 e. The molecule has 0 unspecified atom stereocenters. The molecular weight excluding hydrogens is 328 g/mol. The predicted molar refractivity (Wildman–Crippen MR) is 99.5 cm³/mol. The summed E-state index contributed by atoms with van der Waals surface area (Å²) in [6.45, 7) is 3.43. The van der Waals surface area contributed by atoms with Gasteiger partial charge in [-0.3, -0.25) is 19.4 Å². The van der Waals surface area contributed by atoms with Gasteiger partial charge in [0.2, 0.25) is 5.91 Å². The summed E-state index contributed by atoms with van der Waals surface area (Å²) in [5, 5.41) is 5.20. The minimum Gasteiger partial charge on any atom is -0.340 e. The summed E-state index contributed by atoms with van der Waals surface area (Å²) in [4.78, 5) is 25.6. The molecular formula is C19H22N6O. The molecule has 0 atom stereocenters. The highest BCUT2D eigenvalue weighted by molar-refractivity contribution is 5.84. The number of amides is 1. The minimum atomic E-state index is 0.140. The molecule has 1 aliphatic rings. The summed E-state index contributed by atoms with van der Waals surface area (Å²) in [6, 6.07) is 4.04. The molecule has 0 bridgehead atoms. The third-order valence-corrected chi connectivity index (χ3v) is 4.85. The number of rotatable bonds is 3. The maximum atomic E-state index is 12.5. The number of hydrogen-bond acceptors (Lipinski definition) is 5. The van der Waals surface area contributed by atoms with Gasteiger partial charge in [-0.05, 0) is 19.2 Å². The lowest BCUT2D eigenvalue weighted by molar-refractivity contribution is -0.132. The van der Waals surface area contributed by atoms with E-state index in [1.54, 1.807) is 10.9 Å². The highest BCUT2D eigenvalue weighted by Crippen LogP contribution is 2.22. The molecule has 1 amide bonds. The van der Waals surface area contributed by atoms with E-state index < -0.39 is 0 Å². The highest BCUT2D eigenvalue weighted by atomic mass is 16.2. The Kier molecular flexibility index (Phi) is 4.38. The van der Waals surface area contributed by atoms with Crippen molar-refractivity contribution < 1.29 is 4.79 Å². The summed E-state index contributed by atoms with van der Waals surface area (Å²) in [7, 11) is 3.98. The van der Waals surface area contributed by atoms with Gasteiger partial charge < -0.3 is 9.80 Å². The van der Waals surface area contributed by atoms with Crippen molar-refractivity contribution in [1.82, 2.24) is 29.5 Å². The van der Waals surface area contributed by atoms with Crippen LogP contribution in [-0.2, 0) is 18.3 Å². The Labute approximate surface area is 152 Å². The van der Waals surface area contributed by atoms with Crippen LogP contribution in [0.4, 0.5) is 0 Å². The first kappa shape index (κ1) is 16.7. The van der Waals surface area contributed by atoms with E-state index in [-0.39, 0.29) is 5.91 Å². The van der Waals surface area contributed by atoms with Gasteiger partial charge in [-0.1, -0.05) is 0 Å². The summed E-state index contributed by atoms with van der Waals surface area (Å²) in [5.74, 6) is 0.140. The quantitative estimate of drug-likeness (QED) is 0.713. The molecule has 1 aliphatic heterocycles. The van der Waals surface area contributed by atoms with Crippen LogP contribution in [0.2, 0.25) is 0 Å². The molecule has 3 aromatic heterocycles. The van der Waals surface area contributed by atoms with E-state index in [1.807, 2.05) is 36.6 Å². The zero-order valence-corrected chi connectivity index (χ0v) is 15.1. The van der Waals surface area contributed by atoms with Crippen LogP contribution in [0.3, 0.4) is 0 Å². The van der Waals surface area contributed by atoms with Crippen LogP contribution >= 0.6 is 0 Å². The molecule has 4 rings (SSSR count). The van der Waals surface area contributed by atoms with Crippen molar-refractivity contribution in [2.45, 2.75) is 6.42 Å². The van der Waals surface area contributed by atoms with E-state index in [9.17, 15) is 4.79 Å². The summed E-state index contributed by atoms with van der Waals surface area (Å²) in [5.41, 5.74) is 3.64. The summed E-state index contributed by atoms with van der Waals surface area (Å²) >= 11 is 0. The fourth-order valence-corrected chi connectivity index (χ4v) is 3.22. The normalized spacial score (nSPS) is 15.5. The van der Waals surface area contributed by atoms with Gasteiger partial charge in [-0.2, -0.15) is 5.10 Å². The molecule has 1 fully saturated rings. The van der Waals surface area contributed by atoms with E-state index in [2.05, 4.69) is 33.1 Å². The second kappa shape index (κ2) is 6.84. The lowest BCUT2D eigenvalue weighted by Gasteiger charge is -2.32. The fraction of sp³-hybridized carbons (Fsp3) is 0.368. The van der Waals surface area contributed by atoms with Crippen molar-refractivity contribution in [1.29, 1.82) is 0 Å². The van der Waals surface area contributed by atoms with Gasteiger partial charge in [-0.25, -0.2) is 0 Å².